The van der Waals surface area contributed by atoms with E-state index in [-0.39, 0.29) is 53.8 Å². The Kier molecular flexibility index (Phi) is 10.2. The molecule has 10 nitrogen and oxygen atoms in total. The van der Waals surface area contributed by atoms with Crippen LogP contribution >= 0.6 is 0 Å². The van der Waals surface area contributed by atoms with Crippen LogP contribution in [0, 0.1) is 0 Å². The number of hydrogen-bond acceptors (Lipinski definition) is 7. The summed E-state index contributed by atoms with van der Waals surface area (Å²) in [6.07, 6.45) is 0.675. The zero-order valence-corrected chi connectivity index (χ0v) is 16.5. The van der Waals surface area contributed by atoms with Crippen molar-refractivity contribution >= 4 is 27.7 Å². The Morgan fingerprint density at radius 1 is 1.32 bits per heavy atom. The first-order chi connectivity index (χ1) is 11.1. The minimum absolute atomic E-state index is 0. The number of nitrogens with two attached hydrogens (primary N) is 2. The first-order valence-corrected chi connectivity index (χ1v) is 8.35. The monoisotopic (exact) mass is 382 g/mol. The molecule has 1 atom stereocenters. The summed E-state index contributed by atoms with van der Waals surface area (Å²) < 4.78 is 33.5. The standard InChI is InChI=1S/C13H20N4O6S.Na/c14-10(2-1-5-16-13(15)20)12(19)17-9-4-3-8(7-18)11(6-9)24(21,22)23;/h3-4,6,10,18H,1-2,5,7,14H2,(H,17,19)(H3,15,16,20)(H,21,22,23);/q;+1/p-1/t10-;/m0./s1. The molecule has 1 aromatic rings. The van der Waals surface area contributed by atoms with Gasteiger partial charge in [-0.25, -0.2) is 13.2 Å². The van der Waals surface area contributed by atoms with Crippen LogP contribution in [0.5, 0.6) is 0 Å². The van der Waals surface area contributed by atoms with Gasteiger partial charge in [0.15, 0.2) is 0 Å². The van der Waals surface area contributed by atoms with Crippen LogP contribution in [-0.4, -0.2) is 42.6 Å². The number of urea groups is 1. The fourth-order valence-electron chi connectivity index (χ4n) is 1.90. The van der Waals surface area contributed by atoms with E-state index in [9.17, 15) is 22.6 Å². The van der Waals surface area contributed by atoms with Crippen molar-refractivity contribution in [2.24, 2.45) is 11.5 Å². The van der Waals surface area contributed by atoms with E-state index in [2.05, 4.69) is 10.6 Å². The number of primary amides is 1. The third kappa shape index (κ3) is 8.14. The molecule has 25 heavy (non-hydrogen) atoms. The second-order valence-electron chi connectivity index (χ2n) is 4.96. The molecule has 1 rings (SSSR count). The third-order valence-corrected chi connectivity index (χ3v) is 4.02. The van der Waals surface area contributed by atoms with Crippen LogP contribution in [0.3, 0.4) is 0 Å². The maximum atomic E-state index is 11.9. The summed E-state index contributed by atoms with van der Waals surface area (Å²) in [7, 11) is -4.79. The van der Waals surface area contributed by atoms with Gasteiger partial charge in [-0.05, 0) is 30.5 Å². The van der Waals surface area contributed by atoms with Crippen LogP contribution in [0.15, 0.2) is 23.1 Å². The van der Waals surface area contributed by atoms with Crippen LogP contribution in [0.2, 0.25) is 0 Å². The molecule has 0 spiro atoms. The van der Waals surface area contributed by atoms with E-state index in [1.54, 1.807) is 0 Å². The van der Waals surface area contributed by atoms with Gasteiger partial charge in [-0.15, -0.1) is 0 Å². The molecule has 0 bridgehead atoms. The van der Waals surface area contributed by atoms with Crippen molar-refractivity contribution in [3.63, 3.8) is 0 Å². The third-order valence-electron chi connectivity index (χ3n) is 3.10. The van der Waals surface area contributed by atoms with Gasteiger partial charge in [-0.3, -0.25) is 4.79 Å². The second-order valence-corrected chi connectivity index (χ2v) is 6.31. The summed E-state index contributed by atoms with van der Waals surface area (Å²) in [6, 6.07) is 1.96. The van der Waals surface area contributed by atoms with Gasteiger partial charge >= 0.3 is 35.6 Å². The van der Waals surface area contributed by atoms with Gasteiger partial charge < -0.3 is 31.8 Å². The first-order valence-electron chi connectivity index (χ1n) is 6.94. The summed E-state index contributed by atoms with van der Waals surface area (Å²) in [5, 5.41) is 13.8. The SMILES string of the molecule is NC(=O)NCCC[C@H](N)C(=O)Nc1ccc(CO)c(S(=O)(=O)[O-])c1.[Na+]. The topological polar surface area (TPSA) is 188 Å². The van der Waals surface area contributed by atoms with Crippen LogP contribution < -0.4 is 51.7 Å². The Bertz CT molecular complexity index is 712. The van der Waals surface area contributed by atoms with Gasteiger partial charge in [0.2, 0.25) is 5.91 Å². The molecule has 0 aliphatic rings. The summed E-state index contributed by atoms with van der Waals surface area (Å²) in [6.45, 7) is -0.364. The number of nitrogens with one attached hydrogen (secondary N) is 2. The van der Waals surface area contributed by atoms with Crippen LogP contribution in [0.4, 0.5) is 10.5 Å². The Labute approximate surface area is 167 Å². The summed E-state index contributed by atoms with van der Waals surface area (Å²) >= 11 is 0. The Balaban J connectivity index is 0.00000576. The van der Waals surface area contributed by atoms with Gasteiger partial charge in [0.05, 0.1) is 17.5 Å². The normalized spacial score (nSPS) is 12.0. The number of rotatable bonds is 8. The molecule has 1 aromatic carbocycles. The molecule has 134 valence electrons. The van der Waals surface area contributed by atoms with E-state index < -0.39 is 39.6 Å². The van der Waals surface area contributed by atoms with Gasteiger partial charge in [0.25, 0.3) is 0 Å². The smallest absolute Gasteiger partial charge is 0.744 e. The molecule has 0 radical (unpaired) electrons. The molecule has 0 saturated carbocycles. The fraction of sp³-hybridized carbons (Fsp3) is 0.385. The largest absolute Gasteiger partial charge is 1.00 e. The second kappa shape index (κ2) is 10.7. The molecule has 3 amide bonds. The number of amides is 3. The first kappa shape index (κ1) is 23.8. The zero-order valence-electron chi connectivity index (χ0n) is 13.7. The van der Waals surface area contributed by atoms with Gasteiger partial charge in [0, 0.05) is 12.2 Å². The number of aliphatic hydroxyl groups excluding tert-OH is 1. The van der Waals surface area contributed by atoms with E-state index in [0.29, 0.717) is 6.42 Å². The van der Waals surface area contributed by atoms with Gasteiger partial charge in [-0.2, -0.15) is 0 Å². The summed E-state index contributed by atoms with van der Waals surface area (Å²) in [5.41, 5.74) is 10.6. The number of anilines is 1. The zero-order chi connectivity index (χ0) is 18.3. The molecular formula is C13H19N4NaO6S. The molecule has 0 fully saturated rings. The van der Waals surface area contributed by atoms with Crippen molar-refractivity contribution in [1.29, 1.82) is 0 Å². The van der Waals surface area contributed by atoms with Crippen LogP contribution in [0.1, 0.15) is 18.4 Å². The maximum absolute atomic E-state index is 11.9. The Hall–Kier alpha value is -1.21. The minimum Gasteiger partial charge on any atom is -0.744 e. The maximum Gasteiger partial charge on any atom is 1.00 e. The molecule has 7 N–H and O–H groups in total. The molecule has 0 unspecified atom stereocenters. The van der Waals surface area contributed by atoms with Crippen LogP contribution in [-0.2, 0) is 21.5 Å². The van der Waals surface area contributed by atoms with Crippen molar-refractivity contribution in [3.05, 3.63) is 23.8 Å². The van der Waals surface area contributed by atoms with Crippen molar-refractivity contribution in [1.82, 2.24) is 5.32 Å². The van der Waals surface area contributed by atoms with Crippen molar-refractivity contribution < 1.29 is 57.2 Å². The van der Waals surface area contributed by atoms with Gasteiger partial charge in [0.1, 0.15) is 10.1 Å². The number of carbonyl (C=O) groups is 2. The molecular weight excluding hydrogens is 363 g/mol. The average molecular weight is 382 g/mol. The number of hydrogen-bond donors (Lipinski definition) is 5. The van der Waals surface area contributed by atoms with Gasteiger partial charge in [-0.1, -0.05) is 6.07 Å². The summed E-state index contributed by atoms with van der Waals surface area (Å²) in [4.78, 5) is 21.8. The van der Waals surface area contributed by atoms with E-state index in [0.717, 1.165) is 6.07 Å². The molecule has 0 aliphatic carbocycles. The van der Waals surface area contributed by atoms with Crippen molar-refractivity contribution in [2.75, 3.05) is 11.9 Å². The number of aliphatic hydroxyl groups is 1. The number of carbonyl (C=O) groups excluding carboxylic acids is 2. The van der Waals surface area contributed by atoms with Crippen molar-refractivity contribution in [2.45, 2.75) is 30.4 Å². The predicted octanol–water partition coefficient (Wildman–Crippen LogP) is -4.20. The number of benzene rings is 1. The average Bonchev–Trinajstić information content (AvgIpc) is 2.50. The van der Waals surface area contributed by atoms with E-state index in [1.807, 2.05) is 0 Å². The Morgan fingerprint density at radius 3 is 2.48 bits per heavy atom. The molecule has 0 saturated heterocycles. The molecule has 12 heteroatoms. The molecule has 0 aliphatic heterocycles. The minimum atomic E-state index is -4.79. The molecule has 0 aromatic heterocycles. The van der Waals surface area contributed by atoms with E-state index >= 15 is 0 Å². The van der Waals surface area contributed by atoms with E-state index in [4.69, 9.17) is 16.6 Å². The Morgan fingerprint density at radius 2 is 1.96 bits per heavy atom. The fourth-order valence-corrected chi connectivity index (χ4v) is 2.62. The summed E-state index contributed by atoms with van der Waals surface area (Å²) in [5.74, 6) is -0.583. The van der Waals surface area contributed by atoms with E-state index in [1.165, 1.54) is 12.1 Å². The molecule has 0 heterocycles. The van der Waals surface area contributed by atoms with Crippen LogP contribution in [0.25, 0.3) is 0 Å². The quantitative estimate of drug-likeness (QED) is 0.171. The predicted molar refractivity (Wildman–Crippen MR) is 83.8 cm³/mol. The van der Waals surface area contributed by atoms with Crippen molar-refractivity contribution in [3.8, 4) is 0 Å².